The summed E-state index contributed by atoms with van der Waals surface area (Å²) in [5, 5.41) is 2.43. The monoisotopic (exact) mass is 383 g/mol. The van der Waals surface area contributed by atoms with Gasteiger partial charge in [0.1, 0.15) is 11.0 Å². The van der Waals surface area contributed by atoms with Crippen LogP contribution in [-0.2, 0) is 14.8 Å². The number of aromatic nitrogens is 1. The van der Waals surface area contributed by atoms with Crippen molar-refractivity contribution in [3.8, 4) is 0 Å². The van der Waals surface area contributed by atoms with Gasteiger partial charge in [0.15, 0.2) is 0 Å². The van der Waals surface area contributed by atoms with Crippen LogP contribution in [-0.4, -0.2) is 63.4 Å². The third-order valence-corrected chi connectivity index (χ3v) is 6.63. The highest BCUT2D eigenvalue weighted by Crippen LogP contribution is 2.27. The summed E-state index contributed by atoms with van der Waals surface area (Å²) in [4.78, 5) is 6.56. The quantitative estimate of drug-likeness (QED) is 0.566. The van der Waals surface area contributed by atoms with Gasteiger partial charge in [-0.3, -0.25) is 0 Å². The van der Waals surface area contributed by atoms with Crippen LogP contribution in [0.25, 0.3) is 10.8 Å². The van der Waals surface area contributed by atoms with Crippen molar-refractivity contribution >= 4 is 38.2 Å². The highest BCUT2D eigenvalue weighted by molar-refractivity contribution is 7.89. The molecule has 0 radical (unpaired) electrons. The maximum atomic E-state index is 12.3. The zero-order valence-corrected chi connectivity index (χ0v) is 15.8. The predicted molar refractivity (Wildman–Crippen MR) is 101 cm³/mol. The van der Waals surface area contributed by atoms with Gasteiger partial charge in [0, 0.05) is 45.3 Å². The van der Waals surface area contributed by atoms with Crippen molar-refractivity contribution < 1.29 is 13.2 Å². The summed E-state index contributed by atoms with van der Waals surface area (Å²) in [7, 11) is -1.65. The minimum Gasteiger partial charge on any atom is -0.385 e. The number of ether oxygens (including phenoxy) is 1. The fraction of sp³-hybridized carbons (Fsp3) is 0.471. The summed E-state index contributed by atoms with van der Waals surface area (Å²) < 4.78 is 31.2. The zero-order chi connectivity index (χ0) is 17.9. The highest BCUT2D eigenvalue weighted by atomic mass is 35.5. The SMILES string of the molecule is COCCCS(=O)(=O)N1CCN(c2cc3ccccc3c(Cl)n2)CC1. The lowest BCUT2D eigenvalue weighted by atomic mass is 10.2. The summed E-state index contributed by atoms with van der Waals surface area (Å²) in [6, 6.07) is 9.85. The van der Waals surface area contributed by atoms with E-state index in [9.17, 15) is 8.42 Å². The second-order valence-electron chi connectivity index (χ2n) is 6.04. The molecular weight excluding hydrogens is 362 g/mol. The first-order valence-corrected chi connectivity index (χ1v) is 10.3. The van der Waals surface area contributed by atoms with Gasteiger partial charge in [-0.05, 0) is 17.9 Å². The molecular formula is C17H22ClN3O3S. The minimum absolute atomic E-state index is 0.126. The van der Waals surface area contributed by atoms with Crippen LogP contribution in [0.2, 0.25) is 5.15 Å². The summed E-state index contributed by atoms with van der Waals surface area (Å²) in [5.41, 5.74) is 0. The lowest BCUT2D eigenvalue weighted by Gasteiger charge is -2.34. The van der Waals surface area contributed by atoms with Crippen molar-refractivity contribution in [2.24, 2.45) is 0 Å². The number of hydrogen-bond donors (Lipinski definition) is 0. The smallest absolute Gasteiger partial charge is 0.214 e. The maximum absolute atomic E-state index is 12.3. The Bertz CT molecular complexity index is 836. The molecule has 1 saturated heterocycles. The van der Waals surface area contributed by atoms with Crippen molar-refractivity contribution in [3.05, 3.63) is 35.5 Å². The van der Waals surface area contributed by atoms with Gasteiger partial charge in [-0.25, -0.2) is 13.4 Å². The van der Waals surface area contributed by atoms with Crippen LogP contribution in [0.5, 0.6) is 0 Å². The van der Waals surface area contributed by atoms with Crippen molar-refractivity contribution in [3.63, 3.8) is 0 Å². The van der Waals surface area contributed by atoms with E-state index < -0.39 is 10.0 Å². The van der Waals surface area contributed by atoms with Gasteiger partial charge in [-0.15, -0.1) is 0 Å². The van der Waals surface area contributed by atoms with E-state index in [4.69, 9.17) is 16.3 Å². The van der Waals surface area contributed by atoms with Gasteiger partial charge >= 0.3 is 0 Å². The number of benzene rings is 1. The van der Waals surface area contributed by atoms with Gasteiger partial charge in [-0.1, -0.05) is 35.9 Å². The molecule has 1 aromatic heterocycles. The molecule has 0 N–H and O–H groups in total. The number of piperazine rings is 1. The van der Waals surface area contributed by atoms with Gasteiger partial charge in [0.25, 0.3) is 0 Å². The van der Waals surface area contributed by atoms with E-state index >= 15 is 0 Å². The third-order valence-electron chi connectivity index (χ3n) is 4.39. The number of hydrogen-bond acceptors (Lipinski definition) is 5. The first-order valence-electron chi connectivity index (χ1n) is 8.28. The van der Waals surface area contributed by atoms with E-state index in [1.807, 2.05) is 30.3 Å². The first-order chi connectivity index (χ1) is 12.0. The van der Waals surface area contributed by atoms with Crippen LogP contribution >= 0.6 is 11.6 Å². The Balaban J connectivity index is 1.68. The summed E-state index contributed by atoms with van der Waals surface area (Å²) in [6.45, 7) is 2.58. The molecule has 2 aromatic rings. The summed E-state index contributed by atoms with van der Waals surface area (Å²) >= 11 is 6.30. The Hall–Kier alpha value is -1.41. The first kappa shape index (κ1) is 18.4. The van der Waals surface area contributed by atoms with Crippen molar-refractivity contribution in [2.75, 3.05) is 50.5 Å². The average molecular weight is 384 g/mol. The molecule has 25 heavy (non-hydrogen) atoms. The van der Waals surface area contributed by atoms with E-state index in [1.165, 1.54) is 0 Å². The fourth-order valence-corrected chi connectivity index (χ4v) is 4.73. The number of pyridine rings is 1. The second kappa shape index (κ2) is 7.86. The van der Waals surface area contributed by atoms with Crippen molar-refractivity contribution in [1.29, 1.82) is 0 Å². The number of rotatable bonds is 6. The number of nitrogens with zero attached hydrogens (tertiary/aromatic N) is 3. The minimum atomic E-state index is -3.22. The topological polar surface area (TPSA) is 62.7 Å². The molecule has 3 rings (SSSR count). The molecule has 1 aliphatic heterocycles. The summed E-state index contributed by atoms with van der Waals surface area (Å²) in [6.07, 6.45) is 0.515. The Kier molecular flexibility index (Phi) is 5.78. The third kappa shape index (κ3) is 4.23. The molecule has 0 unspecified atom stereocenters. The van der Waals surface area contributed by atoms with Gasteiger partial charge < -0.3 is 9.64 Å². The normalized spacial score (nSPS) is 16.5. The molecule has 6 nitrogen and oxygen atoms in total. The number of fused-ring (bicyclic) bond motifs is 1. The van der Waals surface area contributed by atoms with Crippen LogP contribution in [0.15, 0.2) is 30.3 Å². The lowest BCUT2D eigenvalue weighted by molar-refractivity contribution is 0.199. The molecule has 0 bridgehead atoms. The Morgan fingerprint density at radius 3 is 2.64 bits per heavy atom. The van der Waals surface area contributed by atoms with E-state index in [0.29, 0.717) is 44.4 Å². The molecule has 0 saturated carbocycles. The van der Waals surface area contributed by atoms with E-state index in [1.54, 1.807) is 11.4 Å². The molecule has 8 heteroatoms. The van der Waals surface area contributed by atoms with Gasteiger partial charge in [0.05, 0.1) is 5.75 Å². The number of halogens is 1. The Morgan fingerprint density at radius 2 is 1.92 bits per heavy atom. The maximum Gasteiger partial charge on any atom is 0.214 e. The van der Waals surface area contributed by atoms with Gasteiger partial charge in [0.2, 0.25) is 10.0 Å². The number of sulfonamides is 1. The van der Waals surface area contributed by atoms with Crippen molar-refractivity contribution in [2.45, 2.75) is 6.42 Å². The summed E-state index contributed by atoms with van der Waals surface area (Å²) in [5.74, 6) is 0.918. The molecule has 0 amide bonds. The Labute approximate surface area is 153 Å². The van der Waals surface area contributed by atoms with Crippen LogP contribution < -0.4 is 4.90 Å². The molecule has 1 fully saturated rings. The molecule has 0 atom stereocenters. The van der Waals surface area contributed by atoms with Crippen molar-refractivity contribution in [1.82, 2.24) is 9.29 Å². The second-order valence-corrected chi connectivity index (χ2v) is 8.49. The number of anilines is 1. The molecule has 136 valence electrons. The van der Waals surface area contributed by atoms with Crippen LogP contribution in [0.1, 0.15) is 6.42 Å². The van der Waals surface area contributed by atoms with E-state index in [0.717, 1.165) is 16.6 Å². The molecule has 0 aliphatic carbocycles. The lowest BCUT2D eigenvalue weighted by Crippen LogP contribution is -2.49. The zero-order valence-electron chi connectivity index (χ0n) is 14.2. The van der Waals surface area contributed by atoms with Crippen LogP contribution in [0.4, 0.5) is 5.82 Å². The fourth-order valence-electron chi connectivity index (χ4n) is 3.02. The molecule has 1 aliphatic rings. The van der Waals surface area contributed by atoms with E-state index in [-0.39, 0.29) is 5.75 Å². The number of methoxy groups -OCH3 is 1. The molecule has 0 spiro atoms. The van der Waals surface area contributed by atoms with Gasteiger partial charge in [-0.2, -0.15) is 4.31 Å². The standard InChI is InChI=1S/C17H22ClN3O3S/c1-24-11-4-12-25(22,23)21-9-7-20(8-10-21)16-13-14-5-2-3-6-15(14)17(18)19-16/h2-3,5-6,13H,4,7-12H2,1H3. The Morgan fingerprint density at radius 1 is 1.20 bits per heavy atom. The highest BCUT2D eigenvalue weighted by Gasteiger charge is 2.27. The van der Waals surface area contributed by atoms with E-state index in [2.05, 4.69) is 9.88 Å². The average Bonchev–Trinajstić information content (AvgIpc) is 2.62. The van der Waals surface area contributed by atoms with Crippen LogP contribution in [0, 0.1) is 0 Å². The van der Waals surface area contributed by atoms with Crippen LogP contribution in [0.3, 0.4) is 0 Å². The largest absolute Gasteiger partial charge is 0.385 e. The predicted octanol–water partition coefficient (Wildman–Crippen LogP) is 2.38. The molecule has 2 heterocycles. The molecule has 1 aromatic carbocycles.